The summed E-state index contributed by atoms with van der Waals surface area (Å²) in [5, 5.41) is 2.90. The van der Waals surface area contributed by atoms with Crippen molar-refractivity contribution < 1.29 is 9.53 Å². The summed E-state index contributed by atoms with van der Waals surface area (Å²) in [6.45, 7) is 0. The molecule has 1 aromatic carbocycles. The van der Waals surface area contributed by atoms with Crippen molar-refractivity contribution in [3.05, 3.63) is 34.5 Å². The van der Waals surface area contributed by atoms with E-state index in [0.717, 1.165) is 5.56 Å². The van der Waals surface area contributed by atoms with Crippen molar-refractivity contribution in [3.63, 3.8) is 0 Å². The predicted octanol–water partition coefficient (Wildman–Crippen LogP) is 1.13. The van der Waals surface area contributed by atoms with E-state index in [-0.39, 0.29) is 17.6 Å². The molecular formula is C11H10ClN3O2. The molecular weight excluding hydrogens is 242 g/mol. The minimum absolute atomic E-state index is 0.0992. The third-order valence-electron chi connectivity index (χ3n) is 2.19. The zero-order valence-electron chi connectivity index (χ0n) is 9.03. The molecule has 0 saturated heterocycles. The molecule has 0 bridgehead atoms. The Bertz CT molecular complexity index is 538. The van der Waals surface area contributed by atoms with Gasteiger partial charge in [-0.1, -0.05) is 17.7 Å². The van der Waals surface area contributed by atoms with Crippen LogP contribution >= 0.6 is 11.6 Å². The number of nitrogens with two attached hydrogens (primary N) is 1. The number of guanidine groups is 1. The lowest BCUT2D eigenvalue weighted by Gasteiger charge is -2.03. The quantitative estimate of drug-likeness (QED) is 0.774. The van der Waals surface area contributed by atoms with E-state index in [0.29, 0.717) is 10.8 Å². The molecule has 0 unspecified atom stereocenters. The zero-order chi connectivity index (χ0) is 12.4. The Kier molecular flexibility index (Phi) is 3.01. The Morgan fingerprint density at radius 3 is 2.88 bits per heavy atom. The molecule has 3 N–H and O–H groups in total. The van der Waals surface area contributed by atoms with Crippen molar-refractivity contribution >= 4 is 29.5 Å². The van der Waals surface area contributed by atoms with Gasteiger partial charge in [0.2, 0.25) is 5.96 Å². The van der Waals surface area contributed by atoms with Crippen LogP contribution in [-0.2, 0) is 4.79 Å². The number of hydrogen-bond acceptors (Lipinski definition) is 4. The summed E-state index contributed by atoms with van der Waals surface area (Å²) < 4.78 is 5.08. The lowest BCUT2D eigenvalue weighted by molar-refractivity contribution is -0.115. The Hall–Kier alpha value is -2.01. The van der Waals surface area contributed by atoms with E-state index in [2.05, 4.69) is 10.3 Å². The van der Waals surface area contributed by atoms with Gasteiger partial charge < -0.3 is 10.5 Å². The molecule has 1 aliphatic heterocycles. The van der Waals surface area contributed by atoms with E-state index in [9.17, 15) is 4.79 Å². The largest absolute Gasteiger partial charge is 0.495 e. The number of rotatable bonds is 2. The lowest BCUT2D eigenvalue weighted by atomic mass is 10.2. The molecule has 0 fully saturated rings. The van der Waals surface area contributed by atoms with Crippen molar-refractivity contribution in [1.29, 1.82) is 0 Å². The molecule has 88 valence electrons. The Balaban J connectivity index is 2.36. The number of nitrogens with zero attached hydrogens (tertiary/aromatic N) is 1. The van der Waals surface area contributed by atoms with Gasteiger partial charge in [0.15, 0.2) is 0 Å². The molecule has 1 heterocycles. The molecule has 1 aliphatic rings. The van der Waals surface area contributed by atoms with Gasteiger partial charge in [-0.25, -0.2) is 4.99 Å². The van der Waals surface area contributed by atoms with Gasteiger partial charge in [0, 0.05) is 0 Å². The molecule has 17 heavy (non-hydrogen) atoms. The minimum atomic E-state index is -0.323. The van der Waals surface area contributed by atoms with Crippen LogP contribution in [0.25, 0.3) is 6.08 Å². The first kappa shape index (κ1) is 11.5. The van der Waals surface area contributed by atoms with Crippen molar-refractivity contribution in [2.45, 2.75) is 0 Å². The predicted molar refractivity (Wildman–Crippen MR) is 65.7 cm³/mol. The molecule has 0 aliphatic carbocycles. The van der Waals surface area contributed by atoms with E-state index in [1.54, 1.807) is 24.3 Å². The Labute approximate surface area is 103 Å². The number of carbonyl (C=O) groups excluding carboxylic acids is 1. The normalized spacial score (nSPS) is 16.9. The zero-order valence-corrected chi connectivity index (χ0v) is 9.78. The van der Waals surface area contributed by atoms with Crippen LogP contribution in [0.3, 0.4) is 0 Å². The fourth-order valence-electron chi connectivity index (χ4n) is 1.41. The Morgan fingerprint density at radius 2 is 2.29 bits per heavy atom. The molecule has 6 heteroatoms. The summed E-state index contributed by atoms with van der Waals surface area (Å²) in [4.78, 5) is 15.2. The van der Waals surface area contributed by atoms with Crippen LogP contribution in [-0.4, -0.2) is 19.0 Å². The number of hydrogen-bond donors (Lipinski definition) is 2. The summed E-state index contributed by atoms with van der Waals surface area (Å²) >= 11 is 5.89. The van der Waals surface area contributed by atoms with Crippen LogP contribution in [0, 0.1) is 0 Å². The van der Waals surface area contributed by atoms with Gasteiger partial charge in [-0.05, 0) is 23.8 Å². The number of nitrogens with one attached hydrogen (secondary N) is 1. The van der Waals surface area contributed by atoms with Crippen LogP contribution in [0.15, 0.2) is 28.9 Å². The lowest BCUT2D eigenvalue weighted by Crippen LogP contribution is -2.30. The molecule has 0 spiro atoms. The van der Waals surface area contributed by atoms with Gasteiger partial charge in [0.1, 0.15) is 11.4 Å². The topological polar surface area (TPSA) is 76.7 Å². The van der Waals surface area contributed by atoms with Crippen LogP contribution in [0.1, 0.15) is 5.56 Å². The summed E-state index contributed by atoms with van der Waals surface area (Å²) in [6, 6.07) is 5.16. The smallest absolute Gasteiger partial charge is 0.276 e. The van der Waals surface area contributed by atoms with E-state index in [1.807, 2.05) is 0 Å². The van der Waals surface area contributed by atoms with Gasteiger partial charge in [0.05, 0.1) is 12.1 Å². The SMILES string of the molecule is COc1cc(/C=C2\N=C(N)NC2=O)ccc1Cl. The standard InChI is InChI=1S/C11H10ClN3O2/c1-17-9-5-6(2-3-7(9)12)4-8-10(16)15-11(13)14-8/h2-5H,1H3,(H3,13,14,15,16)/b8-4-. The minimum Gasteiger partial charge on any atom is -0.495 e. The summed E-state index contributed by atoms with van der Waals surface area (Å²) in [5.74, 6) is 0.315. The first-order valence-electron chi connectivity index (χ1n) is 4.81. The first-order chi connectivity index (χ1) is 8.10. The first-order valence-corrected chi connectivity index (χ1v) is 5.18. The summed E-state index contributed by atoms with van der Waals surface area (Å²) in [6.07, 6.45) is 1.61. The number of amides is 1. The van der Waals surface area contributed by atoms with Gasteiger partial charge in [0.25, 0.3) is 5.91 Å². The molecule has 0 radical (unpaired) electrons. The van der Waals surface area contributed by atoms with Gasteiger partial charge in [-0.2, -0.15) is 0 Å². The number of methoxy groups -OCH3 is 1. The van der Waals surface area contributed by atoms with Crippen LogP contribution in [0.2, 0.25) is 5.02 Å². The summed E-state index contributed by atoms with van der Waals surface area (Å²) in [7, 11) is 1.52. The van der Waals surface area contributed by atoms with Crippen molar-refractivity contribution in [1.82, 2.24) is 5.32 Å². The second kappa shape index (κ2) is 4.47. The highest BCUT2D eigenvalue weighted by molar-refractivity contribution is 6.32. The number of benzene rings is 1. The van der Waals surface area contributed by atoms with E-state index in [4.69, 9.17) is 22.1 Å². The van der Waals surface area contributed by atoms with E-state index >= 15 is 0 Å². The molecule has 5 nitrogen and oxygen atoms in total. The fourth-order valence-corrected chi connectivity index (χ4v) is 1.61. The molecule has 0 saturated carbocycles. The van der Waals surface area contributed by atoms with Gasteiger partial charge >= 0.3 is 0 Å². The molecule has 1 amide bonds. The van der Waals surface area contributed by atoms with Gasteiger partial charge in [-0.3, -0.25) is 10.1 Å². The van der Waals surface area contributed by atoms with Crippen molar-refractivity contribution in [2.75, 3.05) is 7.11 Å². The summed E-state index contributed by atoms with van der Waals surface area (Å²) in [5.41, 5.74) is 6.40. The van der Waals surface area contributed by atoms with Crippen LogP contribution in [0.4, 0.5) is 0 Å². The highest BCUT2D eigenvalue weighted by atomic mass is 35.5. The molecule has 2 rings (SSSR count). The average molecular weight is 252 g/mol. The number of ether oxygens (including phenoxy) is 1. The highest BCUT2D eigenvalue weighted by Gasteiger charge is 2.17. The average Bonchev–Trinajstić information content (AvgIpc) is 2.60. The highest BCUT2D eigenvalue weighted by Crippen LogP contribution is 2.26. The van der Waals surface area contributed by atoms with Crippen molar-refractivity contribution in [3.8, 4) is 5.75 Å². The van der Waals surface area contributed by atoms with Crippen molar-refractivity contribution in [2.24, 2.45) is 10.7 Å². The van der Waals surface area contributed by atoms with Crippen LogP contribution < -0.4 is 15.8 Å². The van der Waals surface area contributed by atoms with E-state index in [1.165, 1.54) is 7.11 Å². The maximum absolute atomic E-state index is 11.4. The Morgan fingerprint density at radius 1 is 1.53 bits per heavy atom. The third-order valence-corrected chi connectivity index (χ3v) is 2.51. The van der Waals surface area contributed by atoms with Gasteiger partial charge in [-0.15, -0.1) is 0 Å². The maximum atomic E-state index is 11.4. The number of carbonyl (C=O) groups is 1. The number of aliphatic imine (C=N–C) groups is 1. The second-order valence-electron chi connectivity index (χ2n) is 3.37. The fraction of sp³-hybridized carbons (Fsp3) is 0.0909. The maximum Gasteiger partial charge on any atom is 0.276 e. The molecule has 0 aromatic heterocycles. The van der Waals surface area contributed by atoms with Crippen LogP contribution in [0.5, 0.6) is 5.75 Å². The number of halogens is 1. The monoisotopic (exact) mass is 251 g/mol. The second-order valence-corrected chi connectivity index (χ2v) is 3.78. The van der Waals surface area contributed by atoms with E-state index < -0.39 is 0 Å². The molecule has 1 aromatic rings. The third kappa shape index (κ3) is 2.39. The molecule has 0 atom stereocenters.